The van der Waals surface area contributed by atoms with Crippen LogP contribution in [0.3, 0.4) is 0 Å². The van der Waals surface area contributed by atoms with Crippen LogP contribution >= 0.6 is 0 Å². The summed E-state index contributed by atoms with van der Waals surface area (Å²) in [6, 6.07) is 5.26. The topological polar surface area (TPSA) is 29.3 Å². The minimum absolute atomic E-state index is 0.250. The fraction of sp³-hybridized carbons (Fsp3) is 0.571. The first kappa shape index (κ1) is 12.4. The van der Waals surface area contributed by atoms with Crippen molar-refractivity contribution in [3.63, 3.8) is 0 Å². The fourth-order valence-electron chi connectivity index (χ4n) is 2.31. The zero-order chi connectivity index (χ0) is 12.3. The molecular formula is C14H21FN2. The van der Waals surface area contributed by atoms with Crippen molar-refractivity contribution in [3.8, 4) is 0 Å². The third-order valence-electron chi connectivity index (χ3n) is 3.69. The molecule has 2 rings (SSSR count). The predicted octanol–water partition coefficient (Wildman–Crippen LogP) is 3.03. The highest BCUT2D eigenvalue weighted by Gasteiger charge is 2.20. The number of benzene rings is 1. The summed E-state index contributed by atoms with van der Waals surface area (Å²) >= 11 is 0. The van der Waals surface area contributed by atoms with Crippen LogP contribution in [0.1, 0.15) is 31.7 Å². The summed E-state index contributed by atoms with van der Waals surface area (Å²) in [6.45, 7) is 4.85. The average molecular weight is 236 g/mol. The largest absolute Gasteiger partial charge is 0.396 e. The maximum Gasteiger partial charge on any atom is 0.150 e. The molecule has 0 bridgehead atoms. The van der Waals surface area contributed by atoms with Crippen LogP contribution < -0.4 is 5.73 Å². The molecule has 0 aliphatic heterocycles. The number of rotatable bonds is 5. The molecule has 0 unspecified atom stereocenters. The van der Waals surface area contributed by atoms with Gasteiger partial charge in [-0.25, -0.2) is 4.39 Å². The lowest BCUT2D eigenvalue weighted by molar-refractivity contribution is 0.177. The van der Waals surface area contributed by atoms with Crippen LogP contribution in [0.25, 0.3) is 0 Å². The van der Waals surface area contributed by atoms with Gasteiger partial charge < -0.3 is 5.73 Å². The van der Waals surface area contributed by atoms with E-state index >= 15 is 0 Å². The van der Waals surface area contributed by atoms with Crippen LogP contribution in [-0.4, -0.2) is 18.0 Å². The van der Waals surface area contributed by atoms with Crippen LogP contribution in [0.5, 0.6) is 0 Å². The van der Waals surface area contributed by atoms with Gasteiger partial charge in [0.25, 0.3) is 0 Å². The lowest BCUT2D eigenvalue weighted by atomic mass is 9.85. The summed E-state index contributed by atoms with van der Waals surface area (Å²) in [5.74, 6) is 0.568. The van der Waals surface area contributed by atoms with Crippen molar-refractivity contribution >= 4 is 5.69 Å². The molecule has 0 heterocycles. The van der Waals surface area contributed by atoms with E-state index in [9.17, 15) is 4.39 Å². The first-order chi connectivity index (χ1) is 8.20. The number of nitrogen functional groups attached to an aromatic ring is 1. The first-order valence-electron chi connectivity index (χ1n) is 6.46. The summed E-state index contributed by atoms with van der Waals surface area (Å²) in [4.78, 5) is 2.31. The number of anilines is 1. The van der Waals surface area contributed by atoms with Crippen LogP contribution in [0.4, 0.5) is 10.1 Å². The second kappa shape index (κ2) is 5.50. The minimum atomic E-state index is -0.250. The zero-order valence-corrected chi connectivity index (χ0v) is 10.5. The van der Waals surface area contributed by atoms with Gasteiger partial charge in [-0.15, -0.1) is 0 Å². The van der Waals surface area contributed by atoms with Gasteiger partial charge in [0, 0.05) is 18.7 Å². The molecule has 1 saturated carbocycles. The van der Waals surface area contributed by atoms with Crippen molar-refractivity contribution in [2.24, 2.45) is 5.92 Å². The second-order valence-electron chi connectivity index (χ2n) is 4.95. The number of hydrogen-bond acceptors (Lipinski definition) is 2. The maximum atomic E-state index is 13.8. The standard InChI is InChI=1S/C14H21FN2/c1-2-17(9-11-5-3-6-11)10-12-7-4-8-13(16)14(12)15/h4,7-8,11H,2-3,5-6,9-10,16H2,1H3. The molecule has 0 spiro atoms. The zero-order valence-electron chi connectivity index (χ0n) is 10.5. The summed E-state index contributed by atoms with van der Waals surface area (Å²) in [7, 11) is 0. The predicted molar refractivity (Wildman–Crippen MR) is 69.1 cm³/mol. The van der Waals surface area contributed by atoms with E-state index in [2.05, 4.69) is 11.8 Å². The van der Waals surface area contributed by atoms with Crippen molar-refractivity contribution in [3.05, 3.63) is 29.6 Å². The summed E-state index contributed by atoms with van der Waals surface area (Å²) in [5.41, 5.74) is 6.55. The fourth-order valence-corrected chi connectivity index (χ4v) is 2.31. The summed E-state index contributed by atoms with van der Waals surface area (Å²) in [6.07, 6.45) is 4.01. The second-order valence-corrected chi connectivity index (χ2v) is 4.95. The molecule has 17 heavy (non-hydrogen) atoms. The third-order valence-corrected chi connectivity index (χ3v) is 3.69. The SMILES string of the molecule is CCN(Cc1cccc(N)c1F)CC1CCC1. The van der Waals surface area contributed by atoms with Crippen molar-refractivity contribution in [1.29, 1.82) is 0 Å². The molecule has 0 saturated heterocycles. The van der Waals surface area contributed by atoms with E-state index in [0.29, 0.717) is 12.1 Å². The molecule has 1 aromatic rings. The molecule has 0 radical (unpaired) electrons. The Morgan fingerprint density at radius 3 is 2.76 bits per heavy atom. The highest BCUT2D eigenvalue weighted by molar-refractivity contribution is 5.42. The number of nitrogens with two attached hydrogens (primary N) is 1. The molecule has 94 valence electrons. The van der Waals surface area contributed by atoms with E-state index in [-0.39, 0.29) is 11.5 Å². The van der Waals surface area contributed by atoms with Crippen LogP contribution in [-0.2, 0) is 6.54 Å². The molecule has 1 aliphatic carbocycles. The van der Waals surface area contributed by atoms with E-state index < -0.39 is 0 Å². The first-order valence-corrected chi connectivity index (χ1v) is 6.46. The van der Waals surface area contributed by atoms with E-state index in [4.69, 9.17) is 5.73 Å². The summed E-state index contributed by atoms with van der Waals surface area (Å²) in [5, 5.41) is 0. The quantitative estimate of drug-likeness (QED) is 0.796. The van der Waals surface area contributed by atoms with Crippen molar-refractivity contribution in [2.75, 3.05) is 18.8 Å². The average Bonchev–Trinajstić information content (AvgIpc) is 2.27. The highest BCUT2D eigenvalue weighted by atomic mass is 19.1. The highest BCUT2D eigenvalue weighted by Crippen LogP contribution is 2.27. The minimum Gasteiger partial charge on any atom is -0.396 e. The molecule has 0 amide bonds. The molecule has 1 aromatic carbocycles. The van der Waals surface area contributed by atoms with Crippen LogP contribution in [0.15, 0.2) is 18.2 Å². The molecule has 2 nitrogen and oxygen atoms in total. The lowest BCUT2D eigenvalue weighted by Gasteiger charge is -2.31. The molecule has 2 N–H and O–H groups in total. The van der Waals surface area contributed by atoms with E-state index in [1.807, 2.05) is 12.1 Å². The van der Waals surface area contributed by atoms with Gasteiger partial charge in [-0.2, -0.15) is 0 Å². The van der Waals surface area contributed by atoms with Crippen LogP contribution in [0, 0.1) is 11.7 Å². The Bertz CT molecular complexity index is 374. The molecule has 3 heteroatoms. The van der Waals surface area contributed by atoms with E-state index in [1.54, 1.807) is 6.07 Å². The van der Waals surface area contributed by atoms with Gasteiger partial charge >= 0.3 is 0 Å². The smallest absolute Gasteiger partial charge is 0.150 e. The van der Waals surface area contributed by atoms with Crippen molar-refractivity contribution in [2.45, 2.75) is 32.7 Å². The molecule has 0 aromatic heterocycles. The van der Waals surface area contributed by atoms with Crippen molar-refractivity contribution < 1.29 is 4.39 Å². The Kier molecular flexibility index (Phi) is 4.00. The van der Waals surface area contributed by atoms with Crippen LogP contribution in [0.2, 0.25) is 0 Å². The number of hydrogen-bond donors (Lipinski definition) is 1. The third kappa shape index (κ3) is 2.97. The normalized spacial score (nSPS) is 16.2. The summed E-state index contributed by atoms with van der Waals surface area (Å²) < 4.78 is 13.8. The van der Waals surface area contributed by atoms with Gasteiger partial charge in [-0.1, -0.05) is 25.5 Å². The maximum absolute atomic E-state index is 13.8. The van der Waals surface area contributed by atoms with Crippen molar-refractivity contribution in [1.82, 2.24) is 4.90 Å². The Labute approximate surface area is 103 Å². The van der Waals surface area contributed by atoms with Gasteiger partial charge in [0.05, 0.1) is 5.69 Å². The molecule has 1 fully saturated rings. The van der Waals surface area contributed by atoms with Gasteiger partial charge in [-0.05, 0) is 31.4 Å². The monoisotopic (exact) mass is 236 g/mol. The van der Waals surface area contributed by atoms with E-state index in [1.165, 1.54) is 19.3 Å². The van der Waals surface area contributed by atoms with Gasteiger partial charge in [0.2, 0.25) is 0 Å². The van der Waals surface area contributed by atoms with Gasteiger partial charge in [0.15, 0.2) is 5.82 Å². The Morgan fingerprint density at radius 1 is 1.41 bits per heavy atom. The Balaban J connectivity index is 1.99. The number of nitrogens with zero attached hydrogens (tertiary/aromatic N) is 1. The number of halogens is 1. The van der Waals surface area contributed by atoms with Gasteiger partial charge in [0.1, 0.15) is 0 Å². The molecule has 0 atom stereocenters. The molecule has 1 aliphatic rings. The Hall–Kier alpha value is -1.09. The van der Waals surface area contributed by atoms with Gasteiger partial charge in [-0.3, -0.25) is 4.90 Å². The van der Waals surface area contributed by atoms with E-state index in [0.717, 1.165) is 19.0 Å². The lowest BCUT2D eigenvalue weighted by Crippen LogP contribution is -2.32. The Morgan fingerprint density at radius 2 is 2.18 bits per heavy atom. The molecular weight excluding hydrogens is 215 g/mol.